The van der Waals surface area contributed by atoms with Gasteiger partial charge >= 0.3 is 0 Å². The van der Waals surface area contributed by atoms with Crippen LogP contribution >= 0.6 is 35.0 Å². The van der Waals surface area contributed by atoms with Gasteiger partial charge in [0.15, 0.2) is 11.0 Å². The molecule has 2 aromatic heterocycles. The number of aryl methyl sites for hydroxylation is 1. The molecule has 0 aliphatic rings. The summed E-state index contributed by atoms with van der Waals surface area (Å²) in [4.78, 5) is 4.10. The number of benzene rings is 2. The first-order valence-electron chi connectivity index (χ1n) is 8.61. The van der Waals surface area contributed by atoms with E-state index in [-0.39, 0.29) is 0 Å². The van der Waals surface area contributed by atoms with E-state index in [0.29, 0.717) is 15.8 Å². The Morgan fingerprint density at radius 2 is 1.68 bits per heavy atom. The van der Waals surface area contributed by atoms with Crippen LogP contribution in [0.15, 0.2) is 72.1 Å². The van der Waals surface area contributed by atoms with Gasteiger partial charge in [-0.15, -0.1) is 10.2 Å². The summed E-state index contributed by atoms with van der Waals surface area (Å²) in [6.45, 7) is 2.07. The van der Waals surface area contributed by atoms with Gasteiger partial charge in [0.25, 0.3) is 0 Å². The minimum absolute atomic E-state index is 0.626. The fourth-order valence-electron chi connectivity index (χ4n) is 2.76. The van der Waals surface area contributed by atoms with E-state index < -0.39 is 0 Å². The first-order valence-corrected chi connectivity index (χ1v) is 10.4. The number of aromatic nitrogens is 4. The van der Waals surface area contributed by atoms with Crippen molar-refractivity contribution in [2.24, 2.45) is 0 Å². The van der Waals surface area contributed by atoms with Gasteiger partial charge in [0.1, 0.15) is 0 Å². The highest BCUT2D eigenvalue weighted by atomic mass is 35.5. The Bertz CT molecular complexity index is 1100. The Hall–Kier alpha value is -2.34. The maximum absolute atomic E-state index is 6.32. The summed E-state index contributed by atoms with van der Waals surface area (Å²) in [6.07, 6.45) is 3.51. The first-order chi connectivity index (χ1) is 13.6. The van der Waals surface area contributed by atoms with Crippen molar-refractivity contribution in [1.29, 1.82) is 0 Å². The summed E-state index contributed by atoms with van der Waals surface area (Å²) < 4.78 is 2.06. The quantitative estimate of drug-likeness (QED) is 0.354. The molecule has 7 heteroatoms. The van der Waals surface area contributed by atoms with E-state index in [1.165, 1.54) is 5.56 Å². The standard InChI is InChI=1S/C21H16Cl2N4S/c1-14-2-6-18(7-3-14)27-20(15-8-10-24-11-9-15)25-26-21(27)28-13-16-4-5-17(22)12-19(16)23/h2-12H,13H2,1H3. The second-order valence-electron chi connectivity index (χ2n) is 6.24. The van der Waals surface area contributed by atoms with Gasteiger partial charge in [0.2, 0.25) is 0 Å². The summed E-state index contributed by atoms with van der Waals surface area (Å²) in [5.74, 6) is 1.44. The number of halogens is 2. The zero-order chi connectivity index (χ0) is 19.5. The van der Waals surface area contributed by atoms with Crippen molar-refractivity contribution in [1.82, 2.24) is 19.7 Å². The van der Waals surface area contributed by atoms with Crippen LogP contribution in [0, 0.1) is 6.92 Å². The van der Waals surface area contributed by atoms with Crippen LogP contribution in [0.5, 0.6) is 0 Å². The molecule has 28 heavy (non-hydrogen) atoms. The average molecular weight is 427 g/mol. The van der Waals surface area contributed by atoms with Crippen molar-refractivity contribution in [3.05, 3.63) is 88.2 Å². The number of nitrogens with zero attached hydrogens (tertiary/aromatic N) is 4. The molecule has 0 fully saturated rings. The monoisotopic (exact) mass is 426 g/mol. The summed E-state index contributed by atoms with van der Waals surface area (Å²) in [6, 6.07) is 17.7. The van der Waals surface area contributed by atoms with Gasteiger partial charge in [0.05, 0.1) is 0 Å². The lowest BCUT2D eigenvalue weighted by atomic mass is 10.2. The molecule has 0 aliphatic heterocycles. The maximum Gasteiger partial charge on any atom is 0.196 e. The van der Waals surface area contributed by atoms with Crippen LogP contribution in [0.25, 0.3) is 17.1 Å². The molecule has 0 radical (unpaired) electrons. The highest BCUT2D eigenvalue weighted by Gasteiger charge is 2.16. The van der Waals surface area contributed by atoms with Crippen LogP contribution in [0.3, 0.4) is 0 Å². The van der Waals surface area contributed by atoms with Crippen molar-refractivity contribution in [2.75, 3.05) is 0 Å². The third-order valence-corrected chi connectivity index (χ3v) is 5.80. The molecule has 2 aromatic carbocycles. The Labute approximate surface area is 177 Å². The van der Waals surface area contributed by atoms with Gasteiger partial charge < -0.3 is 0 Å². The van der Waals surface area contributed by atoms with Gasteiger partial charge in [0, 0.05) is 39.4 Å². The lowest BCUT2D eigenvalue weighted by Crippen LogP contribution is -2.00. The third kappa shape index (κ3) is 4.07. The van der Waals surface area contributed by atoms with E-state index in [2.05, 4.69) is 50.9 Å². The van der Waals surface area contributed by atoms with Gasteiger partial charge in [-0.05, 0) is 48.9 Å². The van der Waals surface area contributed by atoms with Crippen LogP contribution in [0.4, 0.5) is 0 Å². The zero-order valence-corrected chi connectivity index (χ0v) is 17.3. The molecular weight excluding hydrogens is 411 g/mol. The molecule has 4 rings (SSSR count). The molecule has 0 bridgehead atoms. The second kappa shape index (κ2) is 8.35. The number of thioether (sulfide) groups is 1. The Balaban J connectivity index is 1.72. The van der Waals surface area contributed by atoms with E-state index in [9.17, 15) is 0 Å². The molecule has 0 saturated carbocycles. The fraction of sp³-hybridized carbons (Fsp3) is 0.0952. The Kier molecular flexibility index (Phi) is 5.67. The molecule has 0 unspecified atom stereocenters. The normalized spacial score (nSPS) is 11.0. The molecule has 2 heterocycles. The average Bonchev–Trinajstić information content (AvgIpc) is 3.12. The summed E-state index contributed by atoms with van der Waals surface area (Å²) >= 11 is 13.9. The highest BCUT2D eigenvalue weighted by Crippen LogP contribution is 2.32. The van der Waals surface area contributed by atoms with E-state index >= 15 is 0 Å². The van der Waals surface area contributed by atoms with Crippen LogP contribution in [-0.4, -0.2) is 19.7 Å². The molecule has 4 aromatic rings. The molecular formula is C21H16Cl2N4S. The lowest BCUT2D eigenvalue weighted by Gasteiger charge is -2.11. The Morgan fingerprint density at radius 1 is 0.929 bits per heavy atom. The molecule has 0 atom stereocenters. The van der Waals surface area contributed by atoms with Crippen molar-refractivity contribution in [2.45, 2.75) is 17.8 Å². The topological polar surface area (TPSA) is 43.6 Å². The fourth-order valence-corrected chi connectivity index (χ4v) is 4.27. The van der Waals surface area contributed by atoms with Gasteiger partial charge in [-0.2, -0.15) is 0 Å². The van der Waals surface area contributed by atoms with Gasteiger partial charge in [-0.3, -0.25) is 9.55 Å². The molecule has 0 amide bonds. The molecule has 0 N–H and O–H groups in total. The highest BCUT2D eigenvalue weighted by molar-refractivity contribution is 7.98. The minimum Gasteiger partial charge on any atom is -0.270 e. The Morgan fingerprint density at radius 3 is 2.39 bits per heavy atom. The van der Waals surface area contributed by atoms with Crippen LogP contribution in [0.1, 0.15) is 11.1 Å². The molecule has 140 valence electrons. The summed E-state index contributed by atoms with van der Waals surface area (Å²) in [5, 5.41) is 11.0. The predicted molar refractivity (Wildman–Crippen MR) is 115 cm³/mol. The first kappa shape index (κ1) is 19.0. The largest absolute Gasteiger partial charge is 0.270 e. The van der Waals surface area contributed by atoms with Crippen molar-refractivity contribution < 1.29 is 0 Å². The van der Waals surface area contributed by atoms with Gasteiger partial charge in [-0.1, -0.05) is 58.7 Å². The smallest absolute Gasteiger partial charge is 0.196 e. The van der Waals surface area contributed by atoms with E-state index in [1.54, 1.807) is 30.2 Å². The third-order valence-electron chi connectivity index (χ3n) is 4.24. The predicted octanol–water partition coefficient (Wildman–Crippen LogP) is 6.24. The molecule has 4 nitrogen and oxygen atoms in total. The maximum atomic E-state index is 6.32. The van der Waals surface area contributed by atoms with Crippen molar-refractivity contribution >= 4 is 35.0 Å². The SMILES string of the molecule is Cc1ccc(-n2c(SCc3ccc(Cl)cc3Cl)nnc2-c2ccncc2)cc1. The van der Waals surface area contributed by atoms with E-state index in [0.717, 1.165) is 27.8 Å². The van der Waals surface area contributed by atoms with E-state index in [4.69, 9.17) is 23.2 Å². The lowest BCUT2D eigenvalue weighted by molar-refractivity contribution is 0.885. The number of rotatable bonds is 5. The van der Waals surface area contributed by atoms with Crippen molar-refractivity contribution in [3.63, 3.8) is 0 Å². The molecule has 0 aliphatic carbocycles. The number of pyridine rings is 1. The van der Waals surface area contributed by atoms with E-state index in [1.807, 2.05) is 24.3 Å². The van der Waals surface area contributed by atoms with Gasteiger partial charge in [-0.25, -0.2) is 0 Å². The van der Waals surface area contributed by atoms with Crippen LogP contribution in [-0.2, 0) is 5.75 Å². The number of hydrogen-bond donors (Lipinski definition) is 0. The van der Waals surface area contributed by atoms with Crippen molar-refractivity contribution in [3.8, 4) is 17.1 Å². The zero-order valence-electron chi connectivity index (χ0n) is 15.0. The van der Waals surface area contributed by atoms with Crippen LogP contribution in [0.2, 0.25) is 10.0 Å². The second-order valence-corrected chi connectivity index (χ2v) is 8.02. The summed E-state index contributed by atoms with van der Waals surface area (Å²) in [7, 11) is 0. The minimum atomic E-state index is 0.626. The van der Waals surface area contributed by atoms with Crippen LogP contribution < -0.4 is 0 Å². The summed E-state index contributed by atoms with van der Waals surface area (Å²) in [5.41, 5.74) is 4.16. The molecule has 0 saturated heterocycles. The molecule has 0 spiro atoms. The number of hydrogen-bond acceptors (Lipinski definition) is 4.